The molecule has 0 spiro atoms. The van der Waals surface area contributed by atoms with E-state index in [0.29, 0.717) is 0 Å². The highest BCUT2D eigenvalue weighted by Gasteiger charge is 1.86. The lowest BCUT2D eigenvalue weighted by Crippen LogP contribution is -2.17. The Morgan fingerprint density at radius 3 is 2.69 bits per heavy atom. The van der Waals surface area contributed by atoms with E-state index in [9.17, 15) is 0 Å². The Morgan fingerprint density at radius 1 is 1.38 bits per heavy atom. The highest BCUT2D eigenvalue weighted by atomic mass is 32.1. The molecule has 0 heterocycles. The van der Waals surface area contributed by atoms with Crippen molar-refractivity contribution in [2.75, 3.05) is 6.54 Å². The van der Waals surface area contributed by atoms with E-state index in [-0.39, 0.29) is 0 Å². The van der Waals surface area contributed by atoms with Crippen molar-refractivity contribution in [1.29, 1.82) is 0 Å². The molecule has 0 atom stereocenters. The molecule has 1 rings (SSSR count). The second kappa shape index (κ2) is 5.49. The van der Waals surface area contributed by atoms with Gasteiger partial charge in [-0.15, -0.1) is 0 Å². The first-order chi connectivity index (χ1) is 6.33. The summed E-state index contributed by atoms with van der Waals surface area (Å²) in [4.78, 5) is 0.784. The van der Waals surface area contributed by atoms with Crippen molar-refractivity contribution in [3.05, 3.63) is 42.0 Å². The normalized spacial score (nSPS) is 10.2. The van der Waals surface area contributed by atoms with E-state index in [0.717, 1.165) is 11.5 Å². The summed E-state index contributed by atoms with van der Waals surface area (Å²) in [6.45, 7) is 2.90. The van der Waals surface area contributed by atoms with E-state index < -0.39 is 0 Å². The average molecular weight is 191 g/mol. The average Bonchev–Trinajstić information content (AvgIpc) is 2.17. The van der Waals surface area contributed by atoms with Crippen LogP contribution in [0.2, 0.25) is 0 Å². The van der Waals surface area contributed by atoms with Gasteiger partial charge in [0.2, 0.25) is 0 Å². The number of nitrogens with one attached hydrogen (secondary N) is 1. The van der Waals surface area contributed by atoms with Crippen LogP contribution >= 0.6 is 12.2 Å². The molecule has 0 aliphatic rings. The number of hydrogen-bond acceptors (Lipinski definition) is 1. The quantitative estimate of drug-likeness (QED) is 0.582. The molecular weight excluding hydrogens is 178 g/mol. The van der Waals surface area contributed by atoms with E-state index >= 15 is 0 Å². The molecule has 0 saturated heterocycles. The van der Waals surface area contributed by atoms with Gasteiger partial charge >= 0.3 is 0 Å². The van der Waals surface area contributed by atoms with E-state index in [1.807, 2.05) is 49.4 Å². The Kier molecular flexibility index (Phi) is 4.19. The molecule has 0 amide bonds. The van der Waals surface area contributed by atoms with Gasteiger partial charge in [-0.05, 0) is 18.6 Å². The van der Waals surface area contributed by atoms with Gasteiger partial charge in [0, 0.05) is 6.54 Å². The van der Waals surface area contributed by atoms with Crippen LogP contribution in [-0.4, -0.2) is 11.5 Å². The first-order valence-corrected chi connectivity index (χ1v) is 4.74. The molecule has 0 aliphatic heterocycles. The molecule has 0 saturated carbocycles. The van der Waals surface area contributed by atoms with E-state index in [1.165, 1.54) is 5.56 Å². The zero-order chi connectivity index (χ0) is 9.52. The van der Waals surface area contributed by atoms with Gasteiger partial charge in [-0.3, -0.25) is 0 Å². The summed E-state index contributed by atoms with van der Waals surface area (Å²) in [7, 11) is 0. The van der Waals surface area contributed by atoms with Gasteiger partial charge in [0.15, 0.2) is 0 Å². The molecule has 2 heteroatoms. The van der Waals surface area contributed by atoms with Crippen LogP contribution in [0.1, 0.15) is 12.5 Å². The summed E-state index contributed by atoms with van der Waals surface area (Å²) in [5.74, 6) is 0. The van der Waals surface area contributed by atoms with Gasteiger partial charge < -0.3 is 5.32 Å². The molecule has 0 aromatic heterocycles. The Morgan fingerprint density at radius 2 is 2.08 bits per heavy atom. The van der Waals surface area contributed by atoms with Crippen molar-refractivity contribution < 1.29 is 0 Å². The zero-order valence-corrected chi connectivity index (χ0v) is 8.47. The zero-order valence-electron chi connectivity index (χ0n) is 7.66. The van der Waals surface area contributed by atoms with Crippen molar-refractivity contribution >= 4 is 23.3 Å². The molecular formula is C11H13NS. The van der Waals surface area contributed by atoms with Crippen LogP contribution in [0.3, 0.4) is 0 Å². The van der Waals surface area contributed by atoms with Crippen LogP contribution in [0.15, 0.2) is 36.4 Å². The molecule has 68 valence electrons. The fraction of sp³-hybridized carbons (Fsp3) is 0.182. The van der Waals surface area contributed by atoms with Gasteiger partial charge in [0.05, 0.1) is 4.99 Å². The van der Waals surface area contributed by atoms with Crippen LogP contribution < -0.4 is 5.32 Å². The summed E-state index contributed by atoms with van der Waals surface area (Å²) in [6.07, 6.45) is 3.92. The summed E-state index contributed by atoms with van der Waals surface area (Å²) >= 11 is 5.05. The van der Waals surface area contributed by atoms with Crippen molar-refractivity contribution in [3.63, 3.8) is 0 Å². The Labute approximate surface area is 84.5 Å². The minimum absolute atomic E-state index is 0.784. The monoisotopic (exact) mass is 191 g/mol. The van der Waals surface area contributed by atoms with Gasteiger partial charge in [0.1, 0.15) is 0 Å². The molecule has 1 aromatic carbocycles. The van der Waals surface area contributed by atoms with Crippen LogP contribution in [0, 0.1) is 0 Å². The van der Waals surface area contributed by atoms with Crippen molar-refractivity contribution in [3.8, 4) is 0 Å². The smallest absolute Gasteiger partial charge is 0.0988 e. The summed E-state index contributed by atoms with van der Waals surface area (Å²) < 4.78 is 0. The maximum atomic E-state index is 5.05. The minimum atomic E-state index is 0.784. The lowest BCUT2D eigenvalue weighted by Gasteiger charge is -1.97. The molecule has 0 radical (unpaired) electrons. The minimum Gasteiger partial charge on any atom is -0.377 e. The number of thiocarbonyl (C=S) groups is 1. The summed E-state index contributed by atoms with van der Waals surface area (Å²) in [5, 5.41) is 3.06. The fourth-order valence-electron chi connectivity index (χ4n) is 0.969. The van der Waals surface area contributed by atoms with Gasteiger partial charge in [-0.25, -0.2) is 0 Å². The van der Waals surface area contributed by atoms with Gasteiger partial charge in [-0.2, -0.15) is 0 Å². The van der Waals surface area contributed by atoms with Crippen LogP contribution in [0.25, 0.3) is 6.08 Å². The molecule has 1 aromatic rings. The molecule has 0 unspecified atom stereocenters. The van der Waals surface area contributed by atoms with Gasteiger partial charge in [0.25, 0.3) is 0 Å². The lowest BCUT2D eigenvalue weighted by molar-refractivity contribution is 0.987. The van der Waals surface area contributed by atoms with E-state index in [1.54, 1.807) is 0 Å². The van der Waals surface area contributed by atoms with Crippen molar-refractivity contribution in [1.82, 2.24) is 5.32 Å². The maximum absolute atomic E-state index is 5.05. The largest absolute Gasteiger partial charge is 0.377 e. The number of benzene rings is 1. The fourth-order valence-corrected chi connectivity index (χ4v) is 1.18. The highest BCUT2D eigenvalue weighted by Crippen LogP contribution is 2.00. The van der Waals surface area contributed by atoms with E-state index in [4.69, 9.17) is 12.2 Å². The SMILES string of the molecule is CCNC(=S)/C=C/c1ccccc1. The second-order valence-electron chi connectivity index (χ2n) is 2.64. The summed E-state index contributed by atoms with van der Waals surface area (Å²) in [5.41, 5.74) is 1.17. The van der Waals surface area contributed by atoms with Crippen LogP contribution in [0.4, 0.5) is 0 Å². The molecule has 0 bridgehead atoms. The van der Waals surface area contributed by atoms with Crippen molar-refractivity contribution in [2.45, 2.75) is 6.92 Å². The Balaban J connectivity index is 2.54. The Bertz CT molecular complexity index is 290. The topological polar surface area (TPSA) is 12.0 Å². The Hall–Kier alpha value is -1.15. The number of rotatable bonds is 3. The highest BCUT2D eigenvalue weighted by molar-refractivity contribution is 7.80. The van der Waals surface area contributed by atoms with Crippen LogP contribution in [-0.2, 0) is 0 Å². The molecule has 0 aliphatic carbocycles. The third-order valence-electron chi connectivity index (χ3n) is 1.58. The molecule has 13 heavy (non-hydrogen) atoms. The maximum Gasteiger partial charge on any atom is 0.0988 e. The predicted octanol–water partition coefficient (Wildman–Crippen LogP) is 2.64. The lowest BCUT2D eigenvalue weighted by atomic mass is 10.2. The first-order valence-electron chi connectivity index (χ1n) is 4.34. The first kappa shape index (κ1) is 9.93. The van der Waals surface area contributed by atoms with Crippen molar-refractivity contribution in [2.24, 2.45) is 0 Å². The van der Waals surface area contributed by atoms with E-state index in [2.05, 4.69) is 5.32 Å². The third kappa shape index (κ3) is 3.85. The molecule has 1 N–H and O–H groups in total. The molecule has 1 nitrogen and oxygen atoms in total. The summed E-state index contributed by atoms with van der Waals surface area (Å²) in [6, 6.07) is 10.1. The third-order valence-corrected chi connectivity index (χ3v) is 1.86. The van der Waals surface area contributed by atoms with Gasteiger partial charge in [-0.1, -0.05) is 48.6 Å². The number of likely N-dealkylation sites (N-methyl/N-ethyl adjacent to an activating group) is 1. The standard InChI is InChI=1S/C11H13NS/c1-2-12-11(13)9-8-10-6-4-3-5-7-10/h3-9H,2H2,1H3,(H,12,13)/b9-8+. The second-order valence-corrected chi connectivity index (χ2v) is 3.08. The number of hydrogen-bond donors (Lipinski definition) is 1. The molecule has 0 fully saturated rings. The predicted molar refractivity (Wildman–Crippen MR) is 61.8 cm³/mol. The van der Waals surface area contributed by atoms with Crippen LogP contribution in [0.5, 0.6) is 0 Å².